The fourth-order valence-corrected chi connectivity index (χ4v) is 4.40. The van der Waals surface area contributed by atoms with Gasteiger partial charge in [-0.15, -0.1) is 24.0 Å². The van der Waals surface area contributed by atoms with Gasteiger partial charge in [0.1, 0.15) is 0 Å². The summed E-state index contributed by atoms with van der Waals surface area (Å²) < 4.78 is 37.7. The van der Waals surface area contributed by atoms with Crippen LogP contribution in [0.25, 0.3) is 0 Å². The van der Waals surface area contributed by atoms with Gasteiger partial charge in [-0.25, -0.2) is 0 Å². The normalized spacial score (nSPS) is 21.5. The third kappa shape index (κ3) is 8.24. The van der Waals surface area contributed by atoms with Crippen LogP contribution in [-0.2, 0) is 6.42 Å². The lowest BCUT2D eigenvalue weighted by Gasteiger charge is -2.34. The van der Waals surface area contributed by atoms with Crippen LogP contribution in [0.2, 0.25) is 0 Å². The lowest BCUT2D eigenvalue weighted by molar-refractivity contribution is -0.143. The molecule has 3 rings (SSSR count). The topological polar surface area (TPSA) is 30.9 Å². The Morgan fingerprint density at radius 2 is 1.73 bits per heavy atom. The Kier molecular flexibility index (Phi) is 10.2. The smallest absolute Gasteiger partial charge is 0.357 e. The third-order valence-corrected chi connectivity index (χ3v) is 5.89. The number of guanidine groups is 1. The number of piperidine rings is 1. The van der Waals surface area contributed by atoms with Crippen LogP contribution in [0.15, 0.2) is 35.3 Å². The molecule has 0 spiro atoms. The minimum absolute atomic E-state index is 0. The molecule has 2 saturated heterocycles. The van der Waals surface area contributed by atoms with Gasteiger partial charge in [-0.1, -0.05) is 30.3 Å². The van der Waals surface area contributed by atoms with Crippen molar-refractivity contribution in [2.24, 2.45) is 16.8 Å². The molecule has 0 aliphatic carbocycles. The van der Waals surface area contributed by atoms with Gasteiger partial charge < -0.3 is 10.2 Å². The number of alkyl halides is 3. The lowest BCUT2D eigenvalue weighted by Crippen LogP contribution is -2.46. The van der Waals surface area contributed by atoms with Gasteiger partial charge in [-0.05, 0) is 56.6 Å². The van der Waals surface area contributed by atoms with Crippen molar-refractivity contribution in [3.05, 3.63) is 35.9 Å². The highest BCUT2D eigenvalue weighted by molar-refractivity contribution is 14.0. The highest BCUT2D eigenvalue weighted by Gasteiger charge is 2.34. The van der Waals surface area contributed by atoms with E-state index < -0.39 is 12.7 Å². The second-order valence-corrected chi connectivity index (χ2v) is 8.32. The zero-order valence-corrected chi connectivity index (χ0v) is 20.0. The van der Waals surface area contributed by atoms with Crippen LogP contribution < -0.4 is 5.32 Å². The largest absolute Gasteiger partial charge is 0.401 e. The van der Waals surface area contributed by atoms with Crippen LogP contribution in [0.4, 0.5) is 13.2 Å². The van der Waals surface area contributed by atoms with E-state index in [0.29, 0.717) is 25.6 Å². The van der Waals surface area contributed by atoms with Gasteiger partial charge in [0.15, 0.2) is 5.96 Å². The maximum Gasteiger partial charge on any atom is 0.401 e. The zero-order chi connectivity index (χ0) is 20.7. The summed E-state index contributed by atoms with van der Waals surface area (Å²) in [4.78, 5) is 8.60. The molecule has 0 aromatic heterocycles. The number of nitrogens with zero attached hydrogens (tertiary/aromatic N) is 3. The van der Waals surface area contributed by atoms with Gasteiger partial charge in [-0.2, -0.15) is 13.2 Å². The number of benzene rings is 1. The van der Waals surface area contributed by atoms with Crippen LogP contribution in [-0.4, -0.2) is 67.7 Å². The summed E-state index contributed by atoms with van der Waals surface area (Å²) in [5, 5.41) is 3.37. The molecule has 1 unspecified atom stereocenters. The first kappa shape index (κ1) is 25.2. The molecule has 0 radical (unpaired) electrons. The van der Waals surface area contributed by atoms with E-state index in [4.69, 9.17) is 4.99 Å². The van der Waals surface area contributed by atoms with Gasteiger partial charge in [0.05, 0.1) is 6.54 Å². The first-order valence-electron chi connectivity index (χ1n) is 10.8. The van der Waals surface area contributed by atoms with E-state index in [0.717, 1.165) is 51.3 Å². The second-order valence-electron chi connectivity index (χ2n) is 8.32. The van der Waals surface area contributed by atoms with Crippen molar-refractivity contribution in [2.75, 3.05) is 45.8 Å². The Balaban J connectivity index is 0.00000320. The number of hydrogen-bond acceptors (Lipinski definition) is 2. The van der Waals surface area contributed by atoms with Crippen LogP contribution in [0.1, 0.15) is 31.7 Å². The summed E-state index contributed by atoms with van der Waals surface area (Å²) in [6.07, 6.45) is 0.0823. The molecule has 30 heavy (non-hydrogen) atoms. The predicted octanol–water partition coefficient (Wildman–Crippen LogP) is 4.41. The quantitative estimate of drug-likeness (QED) is 0.331. The van der Waals surface area contributed by atoms with Crippen molar-refractivity contribution in [1.29, 1.82) is 0 Å². The second kappa shape index (κ2) is 12.1. The van der Waals surface area contributed by atoms with Crippen molar-refractivity contribution in [2.45, 2.75) is 38.8 Å². The molecule has 8 heteroatoms. The van der Waals surface area contributed by atoms with Gasteiger partial charge in [0.2, 0.25) is 0 Å². The van der Waals surface area contributed by atoms with Crippen molar-refractivity contribution >= 4 is 29.9 Å². The average molecular weight is 538 g/mol. The van der Waals surface area contributed by atoms with Crippen molar-refractivity contribution in [1.82, 2.24) is 15.1 Å². The molecule has 170 valence electrons. The van der Waals surface area contributed by atoms with Gasteiger partial charge >= 0.3 is 6.18 Å². The van der Waals surface area contributed by atoms with Crippen LogP contribution in [0.3, 0.4) is 0 Å². The van der Waals surface area contributed by atoms with E-state index in [2.05, 4.69) is 47.5 Å². The number of nitrogens with one attached hydrogen (secondary N) is 1. The van der Waals surface area contributed by atoms with Gasteiger partial charge in [0, 0.05) is 32.7 Å². The Bertz CT molecular complexity index is 646. The molecular formula is C22H34F3IN4. The van der Waals surface area contributed by atoms with E-state index in [1.54, 1.807) is 0 Å². The SMILES string of the molecule is CCNC(=NCC1CCN(CC(F)(F)F)C1)N1CCC(Cc2ccccc2)CC1.I. The van der Waals surface area contributed by atoms with Crippen molar-refractivity contribution in [3.63, 3.8) is 0 Å². The fraction of sp³-hybridized carbons (Fsp3) is 0.682. The minimum Gasteiger partial charge on any atom is -0.357 e. The molecule has 1 atom stereocenters. The Morgan fingerprint density at radius 3 is 2.37 bits per heavy atom. The molecule has 1 N–H and O–H groups in total. The molecule has 4 nitrogen and oxygen atoms in total. The molecular weight excluding hydrogens is 504 g/mol. The molecule has 2 aliphatic rings. The molecule has 2 heterocycles. The summed E-state index contributed by atoms with van der Waals surface area (Å²) >= 11 is 0. The standard InChI is InChI=1S/C22H33F3N4.HI/c1-2-26-21(27-15-20-8-11-28(16-20)17-22(23,24)25)29-12-9-19(10-13-29)14-18-6-4-3-5-7-18;/h3-7,19-20H,2,8-17H2,1H3,(H,26,27);1H. The maximum atomic E-state index is 12.6. The molecule has 0 amide bonds. The summed E-state index contributed by atoms with van der Waals surface area (Å²) in [6.45, 7) is 5.61. The molecule has 0 bridgehead atoms. The Morgan fingerprint density at radius 1 is 1.07 bits per heavy atom. The maximum absolute atomic E-state index is 12.6. The van der Waals surface area contributed by atoms with E-state index in [1.165, 1.54) is 10.5 Å². The van der Waals surface area contributed by atoms with Crippen LogP contribution in [0.5, 0.6) is 0 Å². The summed E-state index contributed by atoms with van der Waals surface area (Å²) in [5.74, 6) is 1.82. The number of hydrogen-bond donors (Lipinski definition) is 1. The molecule has 1 aromatic rings. The van der Waals surface area contributed by atoms with Crippen molar-refractivity contribution < 1.29 is 13.2 Å². The minimum atomic E-state index is -4.11. The predicted molar refractivity (Wildman–Crippen MR) is 126 cm³/mol. The summed E-state index contributed by atoms with van der Waals surface area (Å²) in [7, 11) is 0. The van der Waals surface area contributed by atoms with Crippen molar-refractivity contribution in [3.8, 4) is 0 Å². The number of aliphatic imine (C=N–C) groups is 1. The average Bonchev–Trinajstić information content (AvgIpc) is 3.12. The van der Waals surface area contributed by atoms with E-state index in [1.807, 2.05) is 0 Å². The van der Waals surface area contributed by atoms with Crippen LogP contribution >= 0.6 is 24.0 Å². The van der Waals surface area contributed by atoms with E-state index in [-0.39, 0.29) is 29.9 Å². The summed E-state index contributed by atoms with van der Waals surface area (Å²) in [6, 6.07) is 10.6. The number of likely N-dealkylation sites (tertiary alicyclic amines) is 2. The van der Waals surface area contributed by atoms with Gasteiger partial charge in [-0.3, -0.25) is 9.89 Å². The first-order valence-corrected chi connectivity index (χ1v) is 10.8. The monoisotopic (exact) mass is 538 g/mol. The van der Waals surface area contributed by atoms with Gasteiger partial charge in [0.25, 0.3) is 0 Å². The number of rotatable bonds is 6. The number of halogens is 4. The fourth-order valence-electron chi connectivity index (χ4n) is 4.40. The Hall–Kier alpha value is -1.03. The summed E-state index contributed by atoms with van der Waals surface area (Å²) in [5.41, 5.74) is 1.40. The van der Waals surface area contributed by atoms with E-state index >= 15 is 0 Å². The highest BCUT2D eigenvalue weighted by atomic mass is 127. The van der Waals surface area contributed by atoms with E-state index in [9.17, 15) is 13.2 Å². The third-order valence-electron chi connectivity index (χ3n) is 5.89. The highest BCUT2D eigenvalue weighted by Crippen LogP contribution is 2.24. The Labute approximate surface area is 195 Å². The first-order chi connectivity index (χ1) is 13.9. The molecule has 2 aliphatic heterocycles. The molecule has 2 fully saturated rings. The lowest BCUT2D eigenvalue weighted by atomic mass is 9.90. The van der Waals surface area contributed by atoms with Crippen LogP contribution in [0, 0.1) is 11.8 Å². The zero-order valence-electron chi connectivity index (χ0n) is 17.7. The molecule has 0 saturated carbocycles. The molecule has 1 aromatic carbocycles.